The highest BCUT2D eigenvalue weighted by Crippen LogP contribution is 2.44. The standard InChI is InChI=1S/C18H29NO/c1-12-8-14-15(10-18(4,5)11-16(14)20-12)19-13-6-7-17(2,3)9-13/h8,13,15,19H,6-7,9-11H2,1-5H3. The Hall–Kier alpha value is -0.760. The molecule has 0 saturated heterocycles. The van der Waals surface area contributed by atoms with Crippen LogP contribution in [0, 0.1) is 17.8 Å². The molecular weight excluding hydrogens is 246 g/mol. The van der Waals surface area contributed by atoms with E-state index in [0.29, 0.717) is 22.9 Å². The minimum atomic E-state index is 0.336. The van der Waals surface area contributed by atoms with Gasteiger partial charge < -0.3 is 9.73 Å². The van der Waals surface area contributed by atoms with Crippen molar-refractivity contribution in [2.75, 3.05) is 0 Å². The molecule has 1 N–H and O–H groups in total. The van der Waals surface area contributed by atoms with E-state index in [4.69, 9.17) is 4.42 Å². The zero-order valence-corrected chi connectivity index (χ0v) is 13.7. The lowest BCUT2D eigenvalue weighted by atomic mass is 9.74. The van der Waals surface area contributed by atoms with E-state index >= 15 is 0 Å². The van der Waals surface area contributed by atoms with E-state index in [2.05, 4.69) is 46.0 Å². The second-order valence-electron chi connectivity index (χ2n) is 8.60. The van der Waals surface area contributed by atoms with E-state index in [9.17, 15) is 0 Å². The van der Waals surface area contributed by atoms with E-state index < -0.39 is 0 Å². The minimum Gasteiger partial charge on any atom is -0.466 e. The first-order chi connectivity index (χ1) is 9.24. The number of nitrogens with one attached hydrogen (secondary N) is 1. The van der Waals surface area contributed by atoms with Gasteiger partial charge >= 0.3 is 0 Å². The third kappa shape index (κ3) is 2.81. The average molecular weight is 275 g/mol. The lowest BCUT2D eigenvalue weighted by Gasteiger charge is -2.36. The molecular formula is C18H29NO. The van der Waals surface area contributed by atoms with E-state index in [0.717, 1.165) is 12.2 Å². The Morgan fingerprint density at radius 2 is 1.90 bits per heavy atom. The van der Waals surface area contributed by atoms with Gasteiger partial charge in [0.2, 0.25) is 0 Å². The van der Waals surface area contributed by atoms with Crippen LogP contribution in [0.1, 0.15) is 76.5 Å². The first-order valence-electron chi connectivity index (χ1n) is 8.09. The minimum absolute atomic E-state index is 0.336. The van der Waals surface area contributed by atoms with Gasteiger partial charge in [0.1, 0.15) is 11.5 Å². The number of fused-ring (bicyclic) bond motifs is 1. The summed E-state index contributed by atoms with van der Waals surface area (Å²) in [6, 6.07) is 3.40. The number of hydrogen-bond donors (Lipinski definition) is 1. The van der Waals surface area contributed by atoms with Crippen LogP contribution < -0.4 is 5.32 Å². The van der Waals surface area contributed by atoms with Gasteiger partial charge in [-0.25, -0.2) is 0 Å². The van der Waals surface area contributed by atoms with Crippen molar-refractivity contribution in [1.82, 2.24) is 5.32 Å². The van der Waals surface area contributed by atoms with Gasteiger partial charge in [0, 0.05) is 24.1 Å². The van der Waals surface area contributed by atoms with Crippen LogP contribution in [0.15, 0.2) is 10.5 Å². The van der Waals surface area contributed by atoms with Crippen molar-refractivity contribution >= 4 is 0 Å². The fraction of sp³-hybridized carbons (Fsp3) is 0.778. The fourth-order valence-corrected chi connectivity index (χ4v) is 4.20. The molecule has 1 fully saturated rings. The van der Waals surface area contributed by atoms with Crippen LogP contribution in [0.2, 0.25) is 0 Å². The summed E-state index contributed by atoms with van der Waals surface area (Å²) in [6.07, 6.45) is 6.25. The number of rotatable bonds is 2. The molecule has 0 amide bonds. The number of furan rings is 1. The highest BCUT2D eigenvalue weighted by Gasteiger charge is 2.38. The summed E-state index contributed by atoms with van der Waals surface area (Å²) >= 11 is 0. The van der Waals surface area contributed by atoms with Crippen molar-refractivity contribution in [2.24, 2.45) is 10.8 Å². The van der Waals surface area contributed by atoms with Gasteiger partial charge in [0.15, 0.2) is 0 Å². The van der Waals surface area contributed by atoms with Crippen molar-refractivity contribution < 1.29 is 4.42 Å². The summed E-state index contributed by atoms with van der Waals surface area (Å²) in [5.41, 5.74) is 2.27. The molecule has 0 bridgehead atoms. The monoisotopic (exact) mass is 275 g/mol. The molecule has 2 heteroatoms. The molecule has 1 aromatic heterocycles. The van der Waals surface area contributed by atoms with Gasteiger partial charge in [-0.15, -0.1) is 0 Å². The van der Waals surface area contributed by atoms with E-state index in [1.807, 2.05) is 0 Å². The van der Waals surface area contributed by atoms with Crippen LogP contribution in [0.3, 0.4) is 0 Å². The largest absolute Gasteiger partial charge is 0.466 e. The van der Waals surface area contributed by atoms with Crippen LogP contribution in [-0.2, 0) is 6.42 Å². The Labute approximate surface area is 123 Å². The summed E-state index contributed by atoms with van der Waals surface area (Å²) in [5.74, 6) is 2.28. The molecule has 3 rings (SSSR count). The molecule has 2 aliphatic rings. The van der Waals surface area contributed by atoms with Crippen molar-refractivity contribution in [3.05, 3.63) is 23.2 Å². The molecule has 112 valence electrons. The van der Waals surface area contributed by atoms with Gasteiger partial charge in [0.05, 0.1) is 0 Å². The predicted octanol–water partition coefficient (Wildman–Crippen LogP) is 4.77. The van der Waals surface area contributed by atoms with Crippen molar-refractivity contribution in [1.29, 1.82) is 0 Å². The van der Waals surface area contributed by atoms with E-state index in [1.54, 1.807) is 0 Å². The SMILES string of the molecule is Cc1cc2c(o1)CC(C)(C)CC2NC1CCC(C)(C)C1. The lowest BCUT2D eigenvalue weighted by molar-refractivity contribution is 0.222. The molecule has 1 heterocycles. The normalized spacial score (nSPS) is 31.2. The van der Waals surface area contributed by atoms with Crippen molar-refractivity contribution in [2.45, 2.75) is 78.8 Å². The Morgan fingerprint density at radius 1 is 1.15 bits per heavy atom. The average Bonchev–Trinajstić information content (AvgIpc) is 2.79. The molecule has 1 aromatic rings. The third-order valence-corrected chi connectivity index (χ3v) is 5.14. The smallest absolute Gasteiger partial charge is 0.109 e. The van der Waals surface area contributed by atoms with E-state index in [-0.39, 0.29) is 0 Å². The second-order valence-corrected chi connectivity index (χ2v) is 8.60. The van der Waals surface area contributed by atoms with Gasteiger partial charge in [-0.1, -0.05) is 27.7 Å². The fourth-order valence-electron chi connectivity index (χ4n) is 4.20. The Balaban J connectivity index is 1.79. The highest BCUT2D eigenvalue weighted by molar-refractivity contribution is 5.29. The lowest BCUT2D eigenvalue weighted by Crippen LogP contribution is -2.37. The Bertz CT molecular complexity index is 498. The second kappa shape index (κ2) is 4.62. The first kappa shape index (κ1) is 14.2. The highest BCUT2D eigenvalue weighted by atomic mass is 16.3. The quantitative estimate of drug-likeness (QED) is 0.841. The van der Waals surface area contributed by atoms with Crippen LogP contribution in [-0.4, -0.2) is 6.04 Å². The molecule has 2 unspecified atom stereocenters. The van der Waals surface area contributed by atoms with Crippen LogP contribution in [0.5, 0.6) is 0 Å². The van der Waals surface area contributed by atoms with Gasteiger partial charge in [-0.3, -0.25) is 0 Å². The first-order valence-corrected chi connectivity index (χ1v) is 8.09. The summed E-state index contributed by atoms with van der Waals surface area (Å²) in [6.45, 7) is 11.6. The molecule has 20 heavy (non-hydrogen) atoms. The van der Waals surface area contributed by atoms with Crippen LogP contribution in [0.4, 0.5) is 0 Å². The zero-order valence-electron chi connectivity index (χ0n) is 13.7. The van der Waals surface area contributed by atoms with Gasteiger partial charge in [-0.05, 0) is 49.5 Å². The maximum absolute atomic E-state index is 5.94. The maximum Gasteiger partial charge on any atom is 0.109 e. The molecule has 2 nitrogen and oxygen atoms in total. The zero-order chi connectivity index (χ0) is 14.5. The number of hydrogen-bond acceptors (Lipinski definition) is 2. The summed E-state index contributed by atoms with van der Waals surface area (Å²) in [5, 5.41) is 3.94. The molecule has 0 aliphatic heterocycles. The molecule has 2 atom stereocenters. The summed E-state index contributed by atoms with van der Waals surface area (Å²) < 4.78 is 5.94. The summed E-state index contributed by atoms with van der Waals surface area (Å²) in [7, 11) is 0. The van der Waals surface area contributed by atoms with Crippen molar-refractivity contribution in [3.63, 3.8) is 0 Å². The Morgan fingerprint density at radius 3 is 2.55 bits per heavy atom. The van der Waals surface area contributed by atoms with Gasteiger partial charge in [-0.2, -0.15) is 0 Å². The number of aryl methyl sites for hydroxylation is 1. The molecule has 0 aromatic carbocycles. The molecule has 1 saturated carbocycles. The summed E-state index contributed by atoms with van der Waals surface area (Å²) in [4.78, 5) is 0. The Kier molecular flexibility index (Phi) is 3.28. The molecule has 2 aliphatic carbocycles. The predicted molar refractivity (Wildman–Crippen MR) is 82.8 cm³/mol. The van der Waals surface area contributed by atoms with Gasteiger partial charge in [0.25, 0.3) is 0 Å². The van der Waals surface area contributed by atoms with E-state index in [1.165, 1.54) is 37.0 Å². The van der Waals surface area contributed by atoms with Crippen molar-refractivity contribution in [3.8, 4) is 0 Å². The third-order valence-electron chi connectivity index (χ3n) is 5.14. The maximum atomic E-state index is 5.94. The topological polar surface area (TPSA) is 25.2 Å². The molecule has 0 spiro atoms. The van der Waals surface area contributed by atoms with Crippen LogP contribution >= 0.6 is 0 Å². The molecule has 0 radical (unpaired) electrons. The van der Waals surface area contributed by atoms with Crippen LogP contribution in [0.25, 0.3) is 0 Å².